The molecule has 0 aliphatic rings. The van der Waals surface area contributed by atoms with E-state index < -0.39 is 0 Å². The monoisotopic (exact) mass is 254 g/mol. The highest BCUT2D eigenvalue weighted by Crippen LogP contribution is 2.16. The number of carbonyl (C=O) groups excluding carboxylic acids is 1. The second-order valence-corrected chi connectivity index (χ2v) is 4.15. The third-order valence-corrected chi connectivity index (χ3v) is 3.09. The van der Waals surface area contributed by atoms with Gasteiger partial charge in [0.2, 0.25) is 0 Å². The second-order valence-electron chi connectivity index (χ2n) is 3.79. The normalized spacial score (nSPS) is 11.9. The summed E-state index contributed by atoms with van der Waals surface area (Å²) < 4.78 is 10.3. The Bertz CT molecular complexity index is 361. The smallest absolute Gasteiger partial charge is 0.337 e. The number of rotatable bonds is 6. The Morgan fingerprint density at radius 1 is 1.47 bits per heavy atom. The first-order valence-corrected chi connectivity index (χ1v) is 6.26. The number of hydrogen-bond donors (Lipinski definition) is 1. The van der Waals surface area contributed by atoms with E-state index in [-0.39, 0.29) is 5.97 Å². The van der Waals surface area contributed by atoms with Crippen molar-refractivity contribution in [2.75, 3.05) is 19.5 Å². The average molecular weight is 254 g/mol. The Balaban J connectivity index is 2.62. The SMILES string of the molecule is CCC(CS)COc1cccc(C(=O)OC)c1. The summed E-state index contributed by atoms with van der Waals surface area (Å²) in [6.07, 6.45) is 1.03. The van der Waals surface area contributed by atoms with Crippen LogP contribution in [0.15, 0.2) is 24.3 Å². The third-order valence-electron chi connectivity index (χ3n) is 2.58. The average Bonchev–Trinajstić information content (AvgIpc) is 2.39. The molecule has 0 fully saturated rings. The molecule has 0 radical (unpaired) electrons. The molecule has 0 aliphatic heterocycles. The van der Waals surface area contributed by atoms with Gasteiger partial charge in [-0.3, -0.25) is 0 Å². The fraction of sp³-hybridized carbons (Fsp3) is 0.462. The molecule has 94 valence electrons. The Labute approximate surface area is 108 Å². The summed E-state index contributed by atoms with van der Waals surface area (Å²) in [5, 5.41) is 0. The maximum atomic E-state index is 11.3. The van der Waals surface area contributed by atoms with E-state index in [9.17, 15) is 4.79 Å². The van der Waals surface area contributed by atoms with Gasteiger partial charge in [-0.05, 0) is 30.4 Å². The molecular weight excluding hydrogens is 236 g/mol. The van der Waals surface area contributed by atoms with E-state index in [2.05, 4.69) is 24.3 Å². The highest BCUT2D eigenvalue weighted by molar-refractivity contribution is 7.80. The molecule has 1 aromatic rings. The lowest BCUT2D eigenvalue weighted by atomic mass is 10.1. The van der Waals surface area contributed by atoms with Crippen LogP contribution in [0.5, 0.6) is 5.75 Å². The number of carbonyl (C=O) groups is 1. The van der Waals surface area contributed by atoms with Crippen molar-refractivity contribution in [1.82, 2.24) is 0 Å². The Morgan fingerprint density at radius 2 is 2.24 bits per heavy atom. The summed E-state index contributed by atoms with van der Waals surface area (Å²) >= 11 is 4.26. The highest BCUT2D eigenvalue weighted by Gasteiger charge is 2.08. The van der Waals surface area contributed by atoms with Crippen LogP contribution in [0.25, 0.3) is 0 Å². The summed E-state index contributed by atoms with van der Waals surface area (Å²) in [5.41, 5.74) is 0.504. The molecule has 1 unspecified atom stereocenters. The van der Waals surface area contributed by atoms with Crippen molar-refractivity contribution in [2.45, 2.75) is 13.3 Å². The summed E-state index contributed by atoms with van der Waals surface area (Å²) in [7, 11) is 1.36. The molecule has 0 aliphatic carbocycles. The standard InChI is InChI=1S/C13H18O3S/c1-3-10(9-17)8-16-12-6-4-5-11(7-12)13(14)15-2/h4-7,10,17H,3,8-9H2,1-2H3. The molecule has 4 heteroatoms. The van der Waals surface area contributed by atoms with Crippen LogP contribution in [0.4, 0.5) is 0 Å². The first-order valence-electron chi connectivity index (χ1n) is 5.63. The largest absolute Gasteiger partial charge is 0.493 e. The van der Waals surface area contributed by atoms with Crippen LogP contribution in [0, 0.1) is 5.92 Å². The van der Waals surface area contributed by atoms with Gasteiger partial charge in [-0.2, -0.15) is 12.6 Å². The first kappa shape index (κ1) is 13.9. The minimum absolute atomic E-state index is 0.350. The lowest BCUT2D eigenvalue weighted by Crippen LogP contribution is -2.13. The fourth-order valence-corrected chi connectivity index (χ4v) is 1.71. The fourth-order valence-electron chi connectivity index (χ4n) is 1.34. The quantitative estimate of drug-likeness (QED) is 0.626. The van der Waals surface area contributed by atoms with Crippen molar-refractivity contribution < 1.29 is 14.3 Å². The molecule has 0 saturated heterocycles. The Hall–Kier alpha value is -1.16. The molecule has 3 nitrogen and oxygen atoms in total. The number of benzene rings is 1. The maximum Gasteiger partial charge on any atom is 0.337 e. The number of hydrogen-bond acceptors (Lipinski definition) is 4. The molecule has 0 heterocycles. The van der Waals surface area contributed by atoms with E-state index in [0.717, 1.165) is 12.2 Å². The van der Waals surface area contributed by atoms with E-state index in [1.165, 1.54) is 7.11 Å². The second kappa shape index (κ2) is 7.22. The lowest BCUT2D eigenvalue weighted by Gasteiger charge is -2.13. The zero-order valence-electron chi connectivity index (χ0n) is 10.2. The van der Waals surface area contributed by atoms with Crippen molar-refractivity contribution >= 4 is 18.6 Å². The van der Waals surface area contributed by atoms with Crippen LogP contribution in [-0.4, -0.2) is 25.4 Å². The highest BCUT2D eigenvalue weighted by atomic mass is 32.1. The lowest BCUT2D eigenvalue weighted by molar-refractivity contribution is 0.0600. The van der Waals surface area contributed by atoms with Crippen LogP contribution < -0.4 is 4.74 Å². The topological polar surface area (TPSA) is 35.5 Å². The first-order chi connectivity index (χ1) is 8.21. The predicted molar refractivity (Wildman–Crippen MR) is 70.9 cm³/mol. The van der Waals surface area contributed by atoms with Gasteiger partial charge >= 0.3 is 5.97 Å². The molecule has 0 bridgehead atoms. The van der Waals surface area contributed by atoms with E-state index in [1.807, 2.05) is 6.07 Å². The van der Waals surface area contributed by atoms with E-state index >= 15 is 0 Å². The van der Waals surface area contributed by atoms with Gasteiger partial charge in [0.25, 0.3) is 0 Å². The zero-order valence-corrected chi connectivity index (χ0v) is 11.1. The van der Waals surface area contributed by atoms with Crippen LogP contribution in [-0.2, 0) is 4.74 Å². The molecule has 0 aromatic heterocycles. The van der Waals surface area contributed by atoms with Crippen LogP contribution in [0.2, 0.25) is 0 Å². The molecule has 0 saturated carbocycles. The molecule has 0 N–H and O–H groups in total. The molecule has 0 amide bonds. The minimum Gasteiger partial charge on any atom is -0.493 e. The summed E-state index contributed by atoms with van der Waals surface area (Å²) in [4.78, 5) is 11.3. The molecule has 1 atom stereocenters. The zero-order chi connectivity index (χ0) is 12.7. The molecule has 0 spiro atoms. The van der Waals surface area contributed by atoms with Crippen LogP contribution in [0.1, 0.15) is 23.7 Å². The van der Waals surface area contributed by atoms with Crippen molar-refractivity contribution in [2.24, 2.45) is 5.92 Å². The summed E-state index contributed by atoms with van der Waals surface area (Å²) in [5.74, 6) is 1.57. The van der Waals surface area contributed by atoms with Gasteiger partial charge in [0.1, 0.15) is 5.75 Å². The van der Waals surface area contributed by atoms with Crippen molar-refractivity contribution in [3.63, 3.8) is 0 Å². The van der Waals surface area contributed by atoms with E-state index in [4.69, 9.17) is 4.74 Å². The van der Waals surface area contributed by atoms with Crippen molar-refractivity contribution in [3.8, 4) is 5.75 Å². The van der Waals surface area contributed by atoms with E-state index in [1.54, 1.807) is 18.2 Å². The van der Waals surface area contributed by atoms with Gasteiger partial charge < -0.3 is 9.47 Å². The molecule has 17 heavy (non-hydrogen) atoms. The molecule has 1 rings (SSSR count). The molecule has 1 aromatic carbocycles. The third kappa shape index (κ3) is 4.30. The van der Waals surface area contributed by atoms with Gasteiger partial charge in [-0.15, -0.1) is 0 Å². The maximum absolute atomic E-state index is 11.3. The minimum atomic E-state index is -0.350. The Morgan fingerprint density at radius 3 is 2.82 bits per heavy atom. The van der Waals surface area contributed by atoms with Gasteiger partial charge in [0, 0.05) is 5.92 Å². The molecular formula is C13H18O3S. The number of ether oxygens (including phenoxy) is 2. The summed E-state index contributed by atoms with van der Waals surface area (Å²) in [6.45, 7) is 2.72. The number of thiol groups is 1. The predicted octanol–water partition coefficient (Wildman–Crippen LogP) is 2.81. The van der Waals surface area contributed by atoms with Gasteiger partial charge in [-0.25, -0.2) is 4.79 Å². The number of methoxy groups -OCH3 is 1. The number of esters is 1. The van der Waals surface area contributed by atoms with Crippen LogP contribution in [0.3, 0.4) is 0 Å². The van der Waals surface area contributed by atoms with E-state index in [0.29, 0.717) is 23.8 Å². The van der Waals surface area contributed by atoms with Crippen molar-refractivity contribution in [1.29, 1.82) is 0 Å². The van der Waals surface area contributed by atoms with Gasteiger partial charge in [0.15, 0.2) is 0 Å². The van der Waals surface area contributed by atoms with Gasteiger partial charge in [-0.1, -0.05) is 13.0 Å². The van der Waals surface area contributed by atoms with Crippen molar-refractivity contribution in [3.05, 3.63) is 29.8 Å². The van der Waals surface area contributed by atoms with Gasteiger partial charge in [0.05, 0.1) is 19.3 Å². The van der Waals surface area contributed by atoms with Crippen LogP contribution >= 0.6 is 12.6 Å². The summed E-state index contributed by atoms with van der Waals surface area (Å²) in [6, 6.07) is 7.01. The Kier molecular flexibility index (Phi) is 5.91.